The van der Waals surface area contributed by atoms with Gasteiger partial charge in [-0.25, -0.2) is 8.78 Å². The zero-order valence-electron chi connectivity index (χ0n) is 14.4. The van der Waals surface area contributed by atoms with Crippen LogP contribution in [0.3, 0.4) is 0 Å². The molecule has 0 saturated heterocycles. The van der Waals surface area contributed by atoms with Gasteiger partial charge in [-0.15, -0.1) is 0 Å². The third-order valence-electron chi connectivity index (χ3n) is 4.23. The van der Waals surface area contributed by atoms with Crippen LogP contribution in [0.2, 0.25) is 5.02 Å². The van der Waals surface area contributed by atoms with Gasteiger partial charge in [0.1, 0.15) is 29.7 Å². The molecule has 3 aromatic rings. The second kappa shape index (κ2) is 7.44. The minimum Gasteiger partial charge on any atom is -0.489 e. The molecule has 0 radical (unpaired) electrons. The van der Waals surface area contributed by atoms with E-state index in [1.165, 1.54) is 24.3 Å². The molecule has 140 valence electrons. The fraction of sp³-hybridized carbons (Fsp3) is 0.0455. The third kappa shape index (κ3) is 3.62. The number of benzene rings is 3. The fourth-order valence-electron chi connectivity index (χ4n) is 2.83. The Kier molecular flexibility index (Phi) is 4.84. The Morgan fingerprint density at radius 2 is 1.75 bits per heavy atom. The van der Waals surface area contributed by atoms with E-state index in [0.29, 0.717) is 22.1 Å². The molecular weight excluding hydrogens is 386 g/mol. The van der Waals surface area contributed by atoms with Gasteiger partial charge in [-0.3, -0.25) is 4.79 Å². The lowest BCUT2D eigenvalue weighted by molar-refractivity contribution is 0.101. The molecule has 0 atom stereocenters. The molecule has 6 heteroatoms. The molecule has 1 aliphatic rings. The first kappa shape index (κ1) is 18.2. The number of hydrogen-bond donors (Lipinski definition) is 0. The maximum Gasteiger partial charge on any atom is 0.231 e. The molecule has 0 saturated carbocycles. The van der Waals surface area contributed by atoms with E-state index < -0.39 is 11.6 Å². The molecule has 3 aromatic carbocycles. The van der Waals surface area contributed by atoms with Crippen molar-refractivity contribution in [1.29, 1.82) is 0 Å². The molecule has 0 N–H and O–H groups in total. The third-order valence-corrected chi connectivity index (χ3v) is 4.47. The molecular formula is C22H13ClF2O3. The molecule has 28 heavy (non-hydrogen) atoms. The number of carbonyl (C=O) groups is 1. The van der Waals surface area contributed by atoms with Gasteiger partial charge in [-0.2, -0.15) is 0 Å². The van der Waals surface area contributed by atoms with Gasteiger partial charge in [-0.05, 0) is 48.0 Å². The highest BCUT2D eigenvalue weighted by Crippen LogP contribution is 2.35. The Balaban J connectivity index is 1.54. The molecule has 0 fully saturated rings. The summed E-state index contributed by atoms with van der Waals surface area (Å²) in [6.45, 7) is -0.281. The minimum atomic E-state index is -0.681. The van der Waals surface area contributed by atoms with Crippen molar-refractivity contribution < 1.29 is 23.0 Å². The molecule has 0 spiro atoms. The topological polar surface area (TPSA) is 35.5 Å². The normalized spacial score (nSPS) is 14.1. The van der Waals surface area contributed by atoms with Crippen LogP contribution in [0, 0.1) is 11.6 Å². The molecule has 0 amide bonds. The summed E-state index contributed by atoms with van der Waals surface area (Å²) in [7, 11) is 0. The first-order valence-corrected chi connectivity index (χ1v) is 8.78. The van der Waals surface area contributed by atoms with Gasteiger partial charge >= 0.3 is 0 Å². The van der Waals surface area contributed by atoms with E-state index in [1.807, 2.05) is 0 Å². The first-order chi connectivity index (χ1) is 13.5. The van der Waals surface area contributed by atoms with Gasteiger partial charge < -0.3 is 9.47 Å². The van der Waals surface area contributed by atoms with Crippen LogP contribution in [-0.4, -0.2) is 5.78 Å². The fourth-order valence-corrected chi connectivity index (χ4v) is 3.03. The predicted molar refractivity (Wildman–Crippen MR) is 102 cm³/mol. The largest absolute Gasteiger partial charge is 0.489 e. The number of fused-ring (bicyclic) bond motifs is 1. The van der Waals surface area contributed by atoms with Crippen molar-refractivity contribution in [3.63, 3.8) is 0 Å². The van der Waals surface area contributed by atoms with Gasteiger partial charge in [0.2, 0.25) is 5.78 Å². The van der Waals surface area contributed by atoms with E-state index in [9.17, 15) is 13.6 Å². The SMILES string of the molecule is O=C1/C(=C/c2cccc(Cl)c2)Oc2cc(OCc3c(F)cccc3F)ccc21. The molecule has 3 nitrogen and oxygen atoms in total. The van der Waals surface area contributed by atoms with Gasteiger partial charge in [0.05, 0.1) is 11.1 Å². The average Bonchev–Trinajstić information content (AvgIpc) is 2.96. The van der Waals surface area contributed by atoms with E-state index in [-0.39, 0.29) is 23.7 Å². The summed E-state index contributed by atoms with van der Waals surface area (Å²) in [4.78, 5) is 12.5. The lowest BCUT2D eigenvalue weighted by Gasteiger charge is -2.09. The smallest absolute Gasteiger partial charge is 0.231 e. The second-order valence-corrected chi connectivity index (χ2v) is 6.58. The number of Topliss-reactive ketones (excluding diaryl/α,β-unsaturated/α-hetero) is 1. The summed E-state index contributed by atoms with van der Waals surface area (Å²) >= 11 is 5.96. The number of carbonyl (C=O) groups excluding carboxylic acids is 1. The number of ether oxygens (including phenoxy) is 2. The van der Waals surface area contributed by atoms with Crippen molar-refractivity contribution in [2.45, 2.75) is 6.61 Å². The van der Waals surface area contributed by atoms with Gasteiger partial charge in [0.25, 0.3) is 0 Å². The second-order valence-electron chi connectivity index (χ2n) is 6.14. The van der Waals surface area contributed by atoms with E-state index in [4.69, 9.17) is 21.1 Å². The first-order valence-electron chi connectivity index (χ1n) is 8.41. The number of rotatable bonds is 4. The van der Waals surface area contributed by atoms with Gasteiger partial charge in [-0.1, -0.05) is 29.8 Å². The van der Waals surface area contributed by atoms with Crippen LogP contribution in [0.1, 0.15) is 21.5 Å². The summed E-state index contributed by atoms with van der Waals surface area (Å²) in [6.07, 6.45) is 1.60. The number of hydrogen-bond acceptors (Lipinski definition) is 3. The van der Waals surface area contributed by atoms with E-state index in [0.717, 1.165) is 5.56 Å². The van der Waals surface area contributed by atoms with Crippen molar-refractivity contribution in [1.82, 2.24) is 0 Å². The molecule has 0 aromatic heterocycles. The highest BCUT2D eigenvalue weighted by atomic mass is 35.5. The van der Waals surface area contributed by atoms with Crippen LogP contribution in [-0.2, 0) is 6.61 Å². The van der Waals surface area contributed by atoms with Crippen LogP contribution in [0.15, 0.2) is 66.4 Å². The van der Waals surface area contributed by atoms with Crippen molar-refractivity contribution >= 4 is 23.5 Å². The minimum absolute atomic E-state index is 0.162. The summed E-state index contributed by atoms with van der Waals surface area (Å²) in [5, 5.41) is 0.549. The van der Waals surface area contributed by atoms with Gasteiger partial charge in [0, 0.05) is 11.1 Å². The monoisotopic (exact) mass is 398 g/mol. The van der Waals surface area contributed by atoms with Crippen molar-refractivity contribution in [2.24, 2.45) is 0 Å². The standard InChI is InChI=1S/C22H13ClF2O3/c23-14-4-1-3-13(9-14)10-21-22(26)16-8-7-15(11-20(16)28-21)27-12-17-18(24)5-2-6-19(17)25/h1-11H,12H2/b21-10-. The summed E-state index contributed by atoms with van der Waals surface area (Å²) < 4.78 is 38.5. The van der Waals surface area contributed by atoms with Crippen LogP contribution >= 0.6 is 11.6 Å². The Labute approximate surface area is 164 Å². The van der Waals surface area contributed by atoms with E-state index in [2.05, 4.69) is 0 Å². The zero-order chi connectivity index (χ0) is 19.7. The quantitative estimate of drug-likeness (QED) is 0.520. The van der Waals surface area contributed by atoms with Gasteiger partial charge in [0.15, 0.2) is 5.76 Å². The van der Waals surface area contributed by atoms with Crippen molar-refractivity contribution in [3.05, 3.63) is 99.8 Å². The molecule has 1 aliphatic heterocycles. The Morgan fingerprint density at radius 1 is 1.00 bits per heavy atom. The van der Waals surface area contributed by atoms with Crippen LogP contribution in [0.4, 0.5) is 8.78 Å². The number of allylic oxidation sites excluding steroid dienone is 1. The predicted octanol–water partition coefficient (Wildman–Crippen LogP) is 5.81. The summed E-state index contributed by atoms with van der Waals surface area (Å²) in [5.74, 6) is -0.808. The highest BCUT2D eigenvalue weighted by molar-refractivity contribution is 6.30. The average molecular weight is 399 g/mol. The molecule has 0 unspecified atom stereocenters. The number of halogens is 3. The molecule has 0 bridgehead atoms. The van der Waals surface area contributed by atoms with Crippen LogP contribution in [0.5, 0.6) is 11.5 Å². The Morgan fingerprint density at radius 3 is 2.50 bits per heavy atom. The molecule has 4 rings (SSSR count). The van der Waals surface area contributed by atoms with Crippen LogP contribution in [0.25, 0.3) is 6.08 Å². The highest BCUT2D eigenvalue weighted by Gasteiger charge is 2.27. The van der Waals surface area contributed by atoms with E-state index >= 15 is 0 Å². The van der Waals surface area contributed by atoms with Crippen molar-refractivity contribution in [3.8, 4) is 11.5 Å². The number of ketones is 1. The maximum atomic E-state index is 13.7. The summed E-state index contributed by atoms with van der Waals surface area (Å²) in [6, 6.07) is 15.3. The summed E-state index contributed by atoms with van der Waals surface area (Å²) in [5.41, 5.74) is 0.953. The zero-order valence-corrected chi connectivity index (χ0v) is 15.2. The van der Waals surface area contributed by atoms with Crippen molar-refractivity contribution in [2.75, 3.05) is 0 Å². The van der Waals surface area contributed by atoms with E-state index in [1.54, 1.807) is 42.5 Å². The molecule has 1 heterocycles. The maximum absolute atomic E-state index is 13.7. The van der Waals surface area contributed by atoms with Crippen LogP contribution < -0.4 is 9.47 Å². The molecule has 0 aliphatic carbocycles. The Bertz CT molecular complexity index is 1090. The lowest BCUT2D eigenvalue weighted by Crippen LogP contribution is -2.01. The Hall–Kier alpha value is -3.18. The lowest BCUT2D eigenvalue weighted by atomic mass is 10.1.